The summed E-state index contributed by atoms with van der Waals surface area (Å²) in [6.45, 7) is 12.4. The van der Waals surface area contributed by atoms with Crippen LogP contribution in [0.4, 0.5) is 4.79 Å². The number of carbonyl (C=O) groups is 2. The third-order valence-corrected chi connectivity index (χ3v) is 5.07. The lowest BCUT2D eigenvalue weighted by Gasteiger charge is -2.32. The van der Waals surface area contributed by atoms with Gasteiger partial charge in [-0.3, -0.25) is 4.79 Å². The van der Waals surface area contributed by atoms with E-state index in [1.54, 1.807) is 12.0 Å². The lowest BCUT2D eigenvalue weighted by atomic mass is 10.1. The van der Waals surface area contributed by atoms with Gasteiger partial charge in [0.1, 0.15) is 18.7 Å². The zero-order valence-electron chi connectivity index (χ0n) is 19.5. The smallest absolute Gasteiger partial charge is 0.407 e. The zero-order valence-corrected chi connectivity index (χ0v) is 19.5. The fourth-order valence-electron chi connectivity index (χ4n) is 3.55. The molecule has 2 rings (SSSR count). The number of rotatable bonds is 9. The second-order valence-corrected chi connectivity index (χ2v) is 8.97. The first-order chi connectivity index (χ1) is 14.7. The number of quaternary nitrogens is 1. The SMILES string of the molecule is CO[C@H](C(=O)N(CC[NH+]1CCOCC1)C[C@@H](C)NC(=O)OC(C)(C)C)c1ccccc1. The van der Waals surface area contributed by atoms with Gasteiger partial charge < -0.3 is 29.3 Å². The van der Waals surface area contributed by atoms with Crippen LogP contribution in [0.3, 0.4) is 0 Å². The van der Waals surface area contributed by atoms with Crippen molar-refractivity contribution in [3.63, 3.8) is 0 Å². The molecule has 0 bridgehead atoms. The lowest BCUT2D eigenvalue weighted by Crippen LogP contribution is -3.14. The van der Waals surface area contributed by atoms with Crippen LogP contribution in [0.2, 0.25) is 0 Å². The number of benzene rings is 1. The third-order valence-electron chi connectivity index (χ3n) is 5.07. The molecule has 1 aliphatic heterocycles. The topological polar surface area (TPSA) is 81.5 Å². The Hall–Kier alpha value is -2.16. The molecular formula is C23H38N3O5+. The Kier molecular flexibility index (Phi) is 9.74. The highest BCUT2D eigenvalue weighted by molar-refractivity contribution is 5.82. The van der Waals surface area contributed by atoms with E-state index >= 15 is 0 Å². The molecule has 174 valence electrons. The number of nitrogens with zero attached hydrogens (tertiary/aromatic N) is 1. The number of carbonyl (C=O) groups excluding carboxylic acids is 2. The average molecular weight is 437 g/mol. The van der Waals surface area contributed by atoms with Gasteiger partial charge in [0, 0.05) is 19.7 Å². The summed E-state index contributed by atoms with van der Waals surface area (Å²) in [6, 6.07) is 9.20. The predicted molar refractivity (Wildman–Crippen MR) is 118 cm³/mol. The van der Waals surface area contributed by atoms with E-state index < -0.39 is 17.8 Å². The number of ether oxygens (including phenoxy) is 3. The Balaban J connectivity index is 2.07. The fourth-order valence-corrected chi connectivity index (χ4v) is 3.55. The van der Waals surface area contributed by atoms with E-state index in [-0.39, 0.29) is 11.9 Å². The van der Waals surface area contributed by atoms with Crippen molar-refractivity contribution in [1.29, 1.82) is 0 Å². The maximum Gasteiger partial charge on any atom is 0.407 e. The standard InChI is InChI=1S/C23H37N3O5/c1-18(24-22(28)31-23(2,3)4)17-26(12-11-25-13-15-30-16-14-25)21(27)20(29-5)19-9-7-6-8-10-19/h6-10,18,20H,11-17H2,1-5H3,(H,24,28)/p+1/t18-,20+/m1/s1. The van der Waals surface area contributed by atoms with Crippen LogP contribution in [-0.2, 0) is 19.0 Å². The van der Waals surface area contributed by atoms with Gasteiger partial charge in [-0.25, -0.2) is 4.79 Å². The number of morpholine rings is 1. The van der Waals surface area contributed by atoms with Crippen LogP contribution >= 0.6 is 0 Å². The molecule has 0 radical (unpaired) electrons. The van der Waals surface area contributed by atoms with Crippen LogP contribution in [-0.4, -0.2) is 81.6 Å². The third kappa shape index (κ3) is 8.85. The summed E-state index contributed by atoms with van der Waals surface area (Å²) in [6.07, 6.45) is -1.17. The summed E-state index contributed by atoms with van der Waals surface area (Å²) in [4.78, 5) is 28.8. The molecule has 0 aromatic heterocycles. The Morgan fingerprint density at radius 2 is 1.84 bits per heavy atom. The summed E-state index contributed by atoms with van der Waals surface area (Å²) in [5.41, 5.74) is 0.236. The van der Waals surface area contributed by atoms with Crippen LogP contribution in [0.15, 0.2) is 30.3 Å². The summed E-state index contributed by atoms with van der Waals surface area (Å²) < 4.78 is 16.3. The van der Waals surface area contributed by atoms with Gasteiger partial charge in [-0.15, -0.1) is 0 Å². The Morgan fingerprint density at radius 1 is 1.19 bits per heavy atom. The molecule has 1 saturated heterocycles. The molecule has 1 fully saturated rings. The van der Waals surface area contributed by atoms with Gasteiger partial charge in [0.05, 0.1) is 26.3 Å². The van der Waals surface area contributed by atoms with Crippen LogP contribution in [0.1, 0.15) is 39.4 Å². The van der Waals surface area contributed by atoms with Crippen molar-refractivity contribution in [2.75, 3.05) is 53.0 Å². The van der Waals surface area contributed by atoms with E-state index in [9.17, 15) is 9.59 Å². The maximum atomic E-state index is 13.4. The number of amides is 2. The second kappa shape index (κ2) is 12.0. The molecule has 0 spiro atoms. The Bertz CT molecular complexity index is 686. The molecule has 31 heavy (non-hydrogen) atoms. The molecule has 1 aromatic rings. The van der Waals surface area contributed by atoms with E-state index in [4.69, 9.17) is 14.2 Å². The summed E-state index contributed by atoms with van der Waals surface area (Å²) >= 11 is 0. The van der Waals surface area contributed by atoms with Crippen molar-refractivity contribution in [3.05, 3.63) is 35.9 Å². The molecule has 0 unspecified atom stereocenters. The van der Waals surface area contributed by atoms with Crippen molar-refractivity contribution in [2.24, 2.45) is 0 Å². The van der Waals surface area contributed by atoms with Crippen LogP contribution < -0.4 is 10.2 Å². The minimum absolute atomic E-state index is 0.112. The van der Waals surface area contributed by atoms with Gasteiger partial charge in [0.15, 0.2) is 6.10 Å². The monoisotopic (exact) mass is 436 g/mol. The van der Waals surface area contributed by atoms with Gasteiger partial charge in [0.2, 0.25) is 0 Å². The Labute approximate surface area is 185 Å². The number of hydrogen-bond donors (Lipinski definition) is 2. The van der Waals surface area contributed by atoms with Crippen LogP contribution in [0.5, 0.6) is 0 Å². The summed E-state index contributed by atoms with van der Waals surface area (Å²) in [5.74, 6) is -0.112. The molecule has 2 N–H and O–H groups in total. The first kappa shape index (κ1) is 25.1. The van der Waals surface area contributed by atoms with Crippen molar-refractivity contribution in [3.8, 4) is 0 Å². The number of hydrogen-bond acceptors (Lipinski definition) is 5. The van der Waals surface area contributed by atoms with Crippen molar-refractivity contribution in [1.82, 2.24) is 10.2 Å². The maximum absolute atomic E-state index is 13.4. The van der Waals surface area contributed by atoms with E-state index in [2.05, 4.69) is 5.32 Å². The van der Waals surface area contributed by atoms with Gasteiger partial charge in [-0.05, 0) is 33.3 Å². The van der Waals surface area contributed by atoms with E-state index in [1.165, 1.54) is 4.90 Å². The lowest BCUT2D eigenvalue weighted by molar-refractivity contribution is -0.907. The molecule has 0 aliphatic carbocycles. The predicted octanol–water partition coefficient (Wildman–Crippen LogP) is 1.03. The molecular weight excluding hydrogens is 398 g/mol. The fraction of sp³-hybridized carbons (Fsp3) is 0.652. The highest BCUT2D eigenvalue weighted by Crippen LogP contribution is 2.19. The van der Waals surface area contributed by atoms with E-state index in [0.717, 1.165) is 38.4 Å². The molecule has 1 aliphatic rings. The van der Waals surface area contributed by atoms with Crippen molar-refractivity contribution in [2.45, 2.75) is 45.4 Å². The van der Waals surface area contributed by atoms with Gasteiger partial charge in [-0.2, -0.15) is 0 Å². The van der Waals surface area contributed by atoms with Crippen molar-refractivity contribution < 1.29 is 28.7 Å². The highest BCUT2D eigenvalue weighted by atomic mass is 16.6. The normalized spacial score (nSPS) is 16.9. The highest BCUT2D eigenvalue weighted by Gasteiger charge is 2.29. The first-order valence-electron chi connectivity index (χ1n) is 11.0. The van der Waals surface area contributed by atoms with E-state index in [1.807, 2.05) is 58.0 Å². The number of methoxy groups -OCH3 is 1. The molecule has 1 aromatic carbocycles. The van der Waals surface area contributed by atoms with Crippen molar-refractivity contribution >= 4 is 12.0 Å². The number of nitrogens with one attached hydrogen (secondary N) is 2. The van der Waals surface area contributed by atoms with E-state index in [0.29, 0.717) is 13.1 Å². The summed E-state index contributed by atoms with van der Waals surface area (Å²) in [7, 11) is 1.54. The molecule has 0 saturated carbocycles. The van der Waals surface area contributed by atoms with Crippen LogP contribution in [0, 0.1) is 0 Å². The zero-order chi connectivity index (χ0) is 22.9. The van der Waals surface area contributed by atoms with Gasteiger partial charge >= 0.3 is 6.09 Å². The largest absolute Gasteiger partial charge is 0.444 e. The molecule has 2 amide bonds. The molecule has 8 nitrogen and oxygen atoms in total. The second-order valence-electron chi connectivity index (χ2n) is 8.97. The first-order valence-corrected chi connectivity index (χ1v) is 11.0. The Morgan fingerprint density at radius 3 is 2.42 bits per heavy atom. The number of alkyl carbamates (subject to hydrolysis) is 1. The quantitative estimate of drug-likeness (QED) is 0.604. The molecule has 1 heterocycles. The van der Waals surface area contributed by atoms with Gasteiger partial charge in [0.25, 0.3) is 5.91 Å². The molecule has 2 atom stereocenters. The minimum atomic E-state index is -0.686. The summed E-state index contributed by atoms with van der Waals surface area (Å²) in [5, 5.41) is 2.83. The molecule has 8 heteroatoms. The van der Waals surface area contributed by atoms with Crippen LogP contribution in [0.25, 0.3) is 0 Å². The minimum Gasteiger partial charge on any atom is -0.444 e. The van der Waals surface area contributed by atoms with Gasteiger partial charge in [-0.1, -0.05) is 30.3 Å². The average Bonchev–Trinajstić information content (AvgIpc) is 2.71.